The van der Waals surface area contributed by atoms with Crippen LogP contribution in [-0.2, 0) is 6.42 Å². The van der Waals surface area contributed by atoms with E-state index >= 15 is 0 Å². The number of aliphatic hydroxyl groups is 1. The van der Waals surface area contributed by atoms with Crippen molar-refractivity contribution in [3.05, 3.63) is 56.0 Å². The van der Waals surface area contributed by atoms with Gasteiger partial charge in [0.25, 0.3) is 0 Å². The highest BCUT2D eigenvalue weighted by Gasteiger charge is 2.15. The van der Waals surface area contributed by atoms with Crippen molar-refractivity contribution in [3.63, 3.8) is 0 Å². The molecule has 2 aromatic rings. The quantitative estimate of drug-likeness (QED) is 0.884. The minimum atomic E-state index is -0.692. The number of hydrogen-bond donors (Lipinski definition) is 1. The highest BCUT2D eigenvalue weighted by molar-refractivity contribution is 7.12. The minimum absolute atomic E-state index is 0.239. The van der Waals surface area contributed by atoms with Crippen LogP contribution in [0.5, 0.6) is 0 Å². The topological polar surface area (TPSA) is 20.2 Å². The van der Waals surface area contributed by atoms with Crippen LogP contribution >= 0.6 is 22.9 Å². The Morgan fingerprint density at radius 1 is 1.33 bits per heavy atom. The number of thiophene rings is 1. The van der Waals surface area contributed by atoms with Gasteiger partial charge in [-0.15, -0.1) is 11.3 Å². The van der Waals surface area contributed by atoms with Gasteiger partial charge in [0.1, 0.15) is 5.82 Å². The molecule has 0 bridgehead atoms. The molecule has 1 aromatic carbocycles. The number of halogens is 2. The molecule has 1 aromatic heterocycles. The lowest BCUT2D eigenvalue weighted by Gasteiger charge is -2.11. The van der Waals surface area contributed by atoms with Crippen molar-refractivity contribution in [2.45, 2.75) is 26.4 Å². The van der Waals surface area contributed by atoms with E-state index in [1.165, 1.54) is 12.1 Å². The fraction of sp³-hybridized carbons (Fsp3) is 0.286. The molecule has 2 rings (SSSR count). The van der Waals surface area contributed by atoms with Gasteiger partial charge in [-0.2, -0.15) is 0 Å². The molecule has 1 heterocycles. The largest absolute Gasteiger partial charge is 0.388 e. The smallest absolute Gasteiger partial charge is 0.126 e. The van der Waals surface area contributed by atoms with Crippen LogP contribution < -0.4 is 0 Å². The molecular weight excluding hydrogens is 271 g/mol. The van der Waals surface area contributed by atoms with Gasteiger partial charge in [0.2, 0.25) is 0 Å². The van der Waals surface area contributed by atoms with Crippen molar-refractivity contribution in [3.8, 4) is 0 Å². The van der Waals surface area contributed by atoms with E-state index in [0.717, 1.165) is 15.3 Å². The maximum atomic E-state index is 13.6. The first kappa shape index (κ1) is 13.5. The number of benzene rings is 1. The van der Waals surface area contributed by atoms with Crippen LogP contribution in [-0.4, -0.2) is 5.11 Å². The summed E-state index contributed by atoms with van der Waals surface area (Å²) in [6.07, 6.45) is -0.452. The Labute approximate surface area is 115 Å². The molecule has 0 saturated heterocycles. The summed E-state index contributed by atoms with van der Waals surface area (Å²) in [5.41, 5.74) is 1.31. The van der Waals surface area contributed by atoms with Crippen LogP contribution in [0, 0.1) is 19.7 Å². The summed E-state index contributed by atoms with van der Waals surface area (Å²) in [5.74, 6) is -0.331. The van der Waals surface area contributed by atoms with Crippen molar-refractivity contribution in [2.24, 2.45) is 0 Å². The summed E-state index contributed by atoms with van der Waals surface area (Å²) in [6, 6.07) is 6.35. The molecule has 0 aliphatic carbocycles. The lowest BCUT2D eigenvalue weighted by molar-refractivity contribution is 0.177. The molecule has 1 N–H and O–H groups in total. The van der Waals surface area contributed by atoms with Gasteiger partial charge in [-0.05, 0) is 49.2 Å². The fourth-order valence-corrected chi connectivity index (χ4v) is 3.18. The first-order valence-electron chi connectivity index (χ1n) is 5.66. The van der Waals surface area contributed by atoms with Crippen molar-refractivity contribution in [2.75, 3.05) is 0 Å². The Hall–Kier alpha value is -0.900. The Balaban J connectivity index is 2.23. The van der Waals surface area contributed by atoms with E-state index in [1.807, 2.05) is 19.9 Å². The zero-order valence-electron chi connectivity index (χ0n) is 10.2. The normalized spacial score (nSPS) is 12.7. The van der Waals surface area contributed by atoms with Crippen molar-refractivity contribution < 1.29 is 9.50 Å². The summed E-state index contributed by atoms with van der Waals surface area (Å²) in [5, 5.41) is 10.7. The van der Waals surface area contributed by atoms with E-state index in [1.54, 1.807) is 17.4 Å². The summed E-state index contributed by atoms with van der Waals surface area (Å²) in [4.78, 5) is 2.22. The third kappa shape index (κ3) is 2.91. The molecule has 1 atom stereocenters. The molecular formula is C14H14ClFOS. The molecule has 1 nitrogen and oxygen atoms in total. The SMILES string of the molecule is Cc1cc(C(O)Cc2cc(Cl)ccc2F)c(C)s1. The maximum absolute atomic E-state index is 13.6. The molecule has 96 valence electrons. The lowest BCUT2D eigenvalue weighted by atomic mass is 10.0. The Bertz CT molecular complexity index is 565. The van der Waals surface area contributed by atoms with Gasteiger partial charge in [0.05, 0.1) is 6.10 Å². The number of hydrogen-bond acceptors (Lipinski definition) is 2. The fourth-order valence-electron chi connectivity index (χ4n) is 2.00. The van der Waals surface area contributed by atoms with E-state index in [0.29, 0.717) is 10.6 Å². The van der Waals surface area contributed by atoms with E-state index in [4.69, 9.17) is 11.6 Å². The maximum Gasteiger partial charge on any atom is 0.126 e. The van der Waals surface area contributed by atoms with Crippen molar-refractivity contribution in [1.29, 1.82) is 0 Å². The molecule has 0 aliphatic heterocycles. The molecule has 0 fully saturated rings. The number of aryl methyl sites for hydroxylation is 2. The molecule has 0 spiro atoms. The van der Waals surface area contributed by atoms with Gasteiger partial charge in [0, 0.05) is 21.2 Å². The van der Waals surface area contributed by atoms with Gasteiger partial charge < -0.3 is 5.11 Å². The van der Waals surface area contributed by atoms with Crippen LogP contribution in [0.1, 0.15) is 27.0 Å². The second kappa shape index (κ2) is 5.39. The van der Waals surface area contributed by atoms with Crippen molar-refractivity contribution >= 4 is 22.9 Å². The van der Waals surface area contributed by atoms with Gasteiger partial charge in [-0.25, -0.2) is 4.39 Å². The summed E-state index contributed by atoms with van der Waals surface area (Å²) >= 11 is 7.47. The summed E-state index contributed by atoms with van der Waals surface area (Å²) in [6.45, 7) is 3.96. The molecule has 4 heteroatoms. The van der Waals surface area contributed by atoms with E-state index in [-0.39, 0.29) is 12.2 Å². The van der Waals surface area contributed by atoms with Gasteiger partial charge >= 0.3 is 0 Å². The van der Waals surface area contributed by atoms with E-state index in [2.05, 4.69) is 0 Å². The minimum Gasteiger partial charge on any atom is -0.388 e. The van der Waals surface area contributed by atoms with Crippen LogP contribution in [0.4, 0.5) is 4.39 Å². The molecule has 0 aliphatic rings. The monoisotopic (exact) mass is 284 g/mol. The van der Waals surface area contributed by atoms with Crippen LogP contribution in [0.3, 0.4) is 0 Å². The highest BCUT2D eigenvalue weighted by atomic mass is 35.5. The third-order valence-corrected chi connectivity index (χ3v) is 4.08. The molecule has 18 heavy (non-hydrogen) atoms. The van der Waals surface area contributed by atoms with Gasteiger partial charge in [-0.1, -0.05) is 11.6 Å². The average molecular weight is 285 g/mol. The second-order valence-corrected chi connectivity index (χ2v) is 6.22. The Morgan fingerprint density at radius 2 is 2.06 bits per heavy atom. The Kier molecular flexibility index (Phi) is 4.05. The van der Waals surface area contributed by atoms with Crippen LogP contribution in [0.15, 0.2) is 24.3 Å². The third-order valence-electron chi connectivity index (χ3n) is 2.86. The summed E-state index contributed by atoms with van der Waals surface area (Å²) < 4.78 is 13.6. The van der Waals surface area contributed by atoms with Crippen LogP contribution in [0.2, 0.25) is 5.02 Å². The van der Waals surface area contributed by atoms with Gasteiger partial charge in [0.15, 0.2) is 0 Å². The zero-order chi connectivity index (χ0) is 13.3. The number of rotatable bonds is 3. The van der Waals surface area contributed by atoms with Crippen LogP contribution in [0.25, 0.3) is 0 Å². The standard InChI is InChI=1S/C14H14ClFOS/c1-8-5-12(9(2)18-8)14(17)7-10-6-11(15)3-4-13(10)16/h3-6,14,17H,7H2,1-2H3. The molecule has 1 unspecified atom stereocenters. The van der Waals surface area contributed by atoms with E-state index < -0.39 is 6.10 Å². The highest BCUT2D eigenvalue weighted by Crippen LogP contribution is 2.29. The van der Waals surface area contributed by atoms with Gasteiger partial charge in [-0.3, -0.25) is 0 Å². The molecule has 0 saturated carbocycles. The Morgan fingerprint density at radius 3 is 2.67 bits per heavy atom. The van der Waals surface area contributed by atoms with Crippen molar-refractivity contribution in [1.82, 2.24) is 0 Å². The average Bonchev–Trinajstić information content (AvgIpc) is 2.63. The summed E-state index contributed by atoms with van der Waals surface area (Å²) in [7, 11) is 0. The number of aliphatic hydroxyl groups excluding tert-OH is 1. The zero-order valence-corrected chi connectivity index (χ0v) is 11.8. The predicted molar refractivity (Wildman–Crippen MR) is 73.9 cm³/mol. The second-order valence-electron chi connectivity index (χ2n) is 4.32. The predicted octanol–water partition coefficient (Wildman–Crippen LogP) is 4.43. The first-order valence-corrected chi connectivity index (χ1v) is 6.85. The first-order chi connectivity index (χ1) is 8.47. The lowest BCUT2D eigenvalue weighted by Crippen LogP contribution is -2.03. The van der Waals surface area contributed by atoms with E-state index in [9.17, 15) is 9.50 Å². The molecule has 0 radical (unpaired) electrons. The molecule has 0 amide bonds.